The van der Waals surface area contributed by atoms with Crippen molar-refractivity contribution in [3.63, 3.8) is 0 Å². The summed E-state index contributed by atoms with van der Waals surface area (Å²) < 4.78 is 41.2. The maximum Gasteiger partial charge on any atom is 0.471 e. The second-order valence-corrected chi connectivity index (χ2v) is 8.05. The molecular weight excluding hydrogens is 487 g/mol. The molecule has 0 aliphatic carbocycles. The van der Waals surface area contributed by atoms with Gasteiger partial charge >= 0.3 is 17.8 Å². The minimum absolute atomic E-state index is 0.0649. The summed E-state index contributed by atoms with van der Waals surface area (Å²) in [5, 5.41) is 5.05. The van der Waals surface area contributed by atoms with Gasteiger partial charge in [0.2, 0.25) is 5.28 Å². The lowest BCUT2D eigenvalue weighted by Gasteiger charge is -2.28. The van der Waals surface area contributed by atoms with Crippen molar-refractivity contribution in [1.82, 2.24) is 24.4 Å². The SMILES string of the molecule is CC#CCn1c(=O)n(Cc2ccccc2NC(=O)C(F)(F)F)c2nc(Cl)nc(N3CCNCC3)c21. The fourth-order valence-electron chi connectivity index (χ4n) is 3.86. The summed E-state index contributed by atoms with van der Waals surface area (Å²) in [5.74, 6) is 4.00. The molecule has 13 heteroatoms. The first-order chi connectivity index (χ1) is 16.7. The fourth-order valence-corrected chi connectivity index (χ4v) is 4.02. The van der Waals surface area contributed by atoms with Gasteiger partial charge in [-0.25, -0.2) is 4.79 Å². The van der Waals surface area contributed by atoms with Gasteiger partial charge < -0.3 is 15.5 Å². The van der Waals surface area contributed by atoms with Gasteiger partial charge in [-0.3, -0.25) is 13.9 Å². The molecule has 184 valence electrons. The number of halogens is 4. The molecule has 9 nitrogen and oxygen atoms in total. The number of benzene rings is 1. The van der Waals surface area contributed by atoms with Crippen LogP contribution in [-0.4, -0.2) is 57.4 Å². The van der Waals surface area contributed by atoms with Gasteiger partial charge in [-0.05, 0) is 30.2 Å². The number of carbonyl (C=O) groups excluding carboxylic acids is 1. The average molecular weight is 508 g/mol. The van der Waals surface area contributed by atoms with E-state index in [0.717, 1.165) is 13.1 Å². The van der Waals surface area contributed by atoms with Gasteiger partial charge in [0, 0.05) is 31.9 Å². The summed E-state index contributed by atoms with van der Waals surface area (Å²) in [5.41, 5.74) is 0.386. The molecule has 0 spiro atoms. The molecule has 2 N–H and O–H groups in total. The molecule has 4 rings (SSSR count). The molecule has 1 aliphatic heterocycles. The predicted molar refractivity (Wildman–Crippen MR) is 126 cm³/mol. The van der Waals surface area contributed by atoms with E-state index >= 15 is 0 Å². The van der Waals surface area contributed by atoms with Crippen LogP contribution in [0, 0.1) is 11.8 Å². The lowest BCUT2D eigenvalue weighted by molar-refractivity contribution is -0.167. The van der Waals surface area contributed by atoms with Crippen molar-refractivity contribution in [2.24, 2.45) is 0 Å². The molecule has 35 heavy (non-hydrogen) atoms. The summed E-state index contributed by atoms with van der Waals surface area (Å²) in [6, 6.07) is 5.94. The number of anilines is 2. The Morgan fingerprint density at radius 2 is 1.91 bits per heavy atom. The topological polar surface area (TPSA) is 97.1 Å². The van der Waals surface area contributed by atoms with Crippen LogP contribution in [0.5, 0.6) is 0 Å². The highest BCUT2D eigenvalue weighted by molar-refractivity contribution is 6.28. The Hall–Kier alpha value is -3.56. The monoisotopic (exact) mass is 507 g/mol. The molecule has 3 aromatic rings. The summed E-state index contributed by atoms with van der Waals surface area (Å²) in [6.07, 6.45) is -5.06. The van der Waals surface area contributed by atoms with E-state index in [1.54, 1.807) is 13.0 Å². The van der Waals surface area contributed by atoms with Gasteiger partial charge in [0.25, 0.3) is 0 Å². The highest BCUT2D eigenvalue weighted by atomic mass is 35.5. The van der Waals surface area contributed by atoms with E-state index in [4.69, 9.17) is 11.6 Å². The molecule has 1 saturated heterocycles. The first kappa shape index (κ1) is 24.6. The van der Waals surface area contributed by atoms with Gasteiger partial charge in [-0.2, -0.15) is 23.1 Å². The Morgan fingerprint density at radius 3 is 2.60 bits per heavy atom. The number of nitrogens with one attached hydrogen (secondary N) is 2. The number of nitrogens with zero attached hydrogens (tertiary/aromatic N) is 5. The number of piperazine rings is 1. The van der Waals surface area contributed by atoms with Crippen LogP contribution in [0.25, 0.3) is 11.2 Å². The third-order valence-electron chi connectivity index (χ3n) is 5.49. The summed E-state index contributed by atoms with van der Waals surface area (Å²) in [4.78, 5) is 35.7. The van der Waals surface area contributed by atoms with Crippen molar-refractivity contribution in [3.05, 3.63) is 45.6 Å². The third kappa shape index (κ3) is 5.11. The van der Waals surface area contributed by atoms with E-state index in [9.17, 15) is 22.8 Å². The fraction of sp³-hybridized carbons (Fsp3) is 0.364. The zero-order chi connectivity index (χ0) is 25.2. The number of rotatable bonds is 5. The highest BCUT2D eigenvalue weighted by Crippen LogP contribution is 2.27. The molecule has 0 unspecified atom stereocenters. The Kier molecular flexibility index (Phi) is 7.00. The van der Waals surface area contributed by atoms with Crippen molar-refractivity contribution in [3.8, 4) is 11.8 Å². The first-order valence-corrected chi connectivity index (χ1v) is 11.1. The van der Waals surface area contributed by atoms with Crippen LogP contribution in [0.15, 0.2) is 29.1 Å². The maximum absolute atomic E-state index is 13.5. The van der Waals surface area contributed by atoms with Crippen LogP contribution in [0.4, 0.5) is 24.7 Å². The Bertz CT molecular complexity index is 1380. The van der Waals surface area contributed by atoms with E-state index in [2.05, 4.69) is 27.1 Å². The van der Waals surface area contributed by atoms with Gasteiger partial charge in [-0.15, -0.1) is 5.92 Å². The van der Waals surface area contributed by atoms with Crippen LogP contribution in [0.3, 0.4) is 0 Å². The second kappa shape index (κ2) is 9.97. The van der Waals surface area contributed by atoms with Gasteiger partial charge in [0.15, 0.2) is 11.5 Å². The molecule has 0 radical (unpaired) electrons. The third-order valence-corrected chi connectivity index (χ3v) is 5.66. The molecule has 1 amide bonds. The van der Waals surface area contributed by atoms with Gasteiger partial charge in [0.1, 0.15) is 5.52 Å². The number of alkyl halides is 3. The van der Waals surface area contributed by atoms with Crippen LogP contribution in [0.1, 0.15) is 12.5 Å². The van der Waals surface area contributed by atoms with Crippen LogP contribution in [-0.2, 0) is 17.9 Å². The summed E-state index contributed by atoms with van der Waals surface area (Å²) >= 11 is 6.24. The number of amides is 1. The molecule has 1 fully saturated rings. The number of fused-ring (bicyclic) bond motifs is 1. The van der Waals surface area contributed by atoms with E-state index < -0.39 is 17.8 Å². The predicted octanol–water partition coefficient (Wildman–Crippen LogP) is 2.23. The van der Waals surface area contributed by atoms with E-state index in [1.165, 1.54) is 27.3 Å². The normalized spacial score (nSPS) is 14.0. The van der Waals surface area contributed by atoms with Crippen molar-refractivity contribution in [1.29, 1.82) is 0 Å². The summed E-state index contributed by atoms with van der Waals surface area (Å²) in [7, 11) is 0. The zero-order valence-electron chi connectivity index (χ0n) is 18.6. The molecule has 3 heterocycles. The molecule has 0 saturated carbocycles. The number of hydrogen-bond donors (Lipinski definition) is 2. The minimum atomic E-state index is -5.06. The van der Waals surface area contributed by atoms with E-state index in [-0.39, 0.29) is 35.3 Å². The summed E-state index contributed by atoms with van der Waals surface area (Å²) in [6.45, 7) is 4.25. The second-order valence-electron chi connectivity index (χ2n) is 7.72. The number of hydrogen-bond acceptors (Lipinski definition) is 6. The lowest BCUT2D eigenvalue weighted by atomic mass is 10.1. The average Bonchev–Trinajstić information content (AvgIpc) is 3.08. The van der Waals surface area contributed by atoms with Crippen molar-refractivity contribution in [2.45, 2.75) is 26.2 Å². The highest BCUT2D eigenvalue weighted by Gasteiger charge is 2.39. The molecule has 1 aliphatic rings. The largest absolute Gasteiger partial charge is 0.471 e. The maximum atomic E-state index is 13.5. The molecular formula is C22H21ClF3N7O2. The van der Waals surface area contributed by atoms with Crippen LogP contribution < -0.4 is 21.2 Å². The van der Waals surface area contributed by atoms with Crippen molar-refractivity contribution in [2.75, 3.05) is 36.4 Å². The van der Waals surface area contributed by atoms with Gasteiger partial charge in [0.05, 0.1) is 13.1 Å². The Balaban J connectivity index is 1.86. The molecule has 1 aromatic carbocycles. The number of para-hydroxylation sites is 1. The smallest absolute Gasteiger partial charge is 0.352 e. The van der Waals surface area contributed by atoms with Gasteiger partial charge in [-0.1, -0.05) is 24.1 Å². The van der Waals surface area contributed by atoms with E-state index in [1.807, 2.05) is 10.2 Å². The molecule has 0 atom stereocenters. The number of imidazole rings is 1. The van der Waals surface area contributed by atoms with E-state index in [0.29, 0.717) is 24.4 Å². The first-order valence-electron chi connectivity index (χ1n) is 10.7. The number of carbonyl (C=O) groups is 1. The lowest BCUT2D eigenvalue weighted by Crippen LogP contribution is -2.44. The molecule has 0 bridgehead atoms. The standard InChI is InChI=1S/C22H21ClF3N7O2/c1-2-3-10-32-16-17(31-11-8-27-9-12-31)29-20(23)30-18(16)33(21(32)35)13-14-6-4-5-7-15(14)28-19(34)22(24,25)26/h4-7,27H,8-13H2,1H3,(H,28,34). The molecule has 2 aromatic heterocycles. The van der Waals surface area contributed by atoms with Crippen molar-refractivity contribution >= 4 is 40.2 Å². The van der Waals surface area contributed by atoms with Crippen LogP contribution in [0.2, 0.25) is 5.28 Å². The quantitative estimate of drug-likeness (QED) is 0.406. The zero-order valence-corrected chi connectivity index (χ0v) is 19.4. The Morgan fingerprint density at radius 1 is 1.20 bits per heavy atom. The van der Waals surface area contributed by atoms with Crippen molar-refractivity contribution < 1.29 is 18.0 Å². The Labute approximate surface area is 202 Å². The number of aromatic nitrogens is 4. The minimum Gasteiger partial charge on any atom is -0.352 e. The van der Waals surface area contributed by atoms with Crippen LogP contribution >= 0.6 is 11.6 Å².